The zero-order valence-electron chi connectivity index (χ0n) is 9.52. The highest BCUT2D eigenvalue weighted by molar-refractivity contribution is 5.77. The van der Waals surface area contributed by atoms with Crippen LogP contribution in [0.5, 0.6) is 0 Å². The largest absolute Gasteiger partial charge is 0.354 e. The molecule has 1 aromatic rings. The molecule has 0 unspecified atom stereocenters. The number of rotatable bonds is 6. The molecular weight excluding hydrogens is 204 g/mol. The van der Waals surface area contributed by atoms with Crippen molar-refractivity contribution in [3.8, 4) is 0 Å². The summed E-state index contributed by atoms with van der Waals surface area (Å²) < 4.78 is 0. The van der Waals surface area contributed by atoms with Gasteiger partial charge in [-0.25, -0.2) is 0 Å². The molecule has 3 N–H and O–H groups in total. The maximum absolute atomic E-state index is 11.4. The second-order valence-corrected chi connectivity index (χ2v) is 3.63. The molecule has 0 fully saturated rings. The van der Waals surface area contributed by atoms with Crippen molar-refractivity contribution in [2.45, 2.75) is 6.54 Å². The summed E-state index contributed by atoms with van der Waals surface area (Å²) in [5, 5.41) is 2.72. The van der Waals surface area contributed by atoms with Crippen molar-refractivity contribution >= 4 is 5.91 Å². The number of hydrogen-bond acceptors (Lipinski definition) is 4. The molecule has 1 aromatic heterocycles. The number of nitrogens with two attached hydrogens (primary N) is 1. The highest BCUT2D eigenvalue weighted by Gasteiger charge is 2.06. The van der Waals surface area contributed by atoms with E-state index in [1.165, 1.54) is 0 Å². The van der Waals surface area contributed by atoms with Crippen LogP contribution in [0, 0.1) is 0 Å². The molecule has 0 radical (unpaired) electrons. The number of carbonyl (C=O) groups excluding carboxylic acids is 1. The van der Waals surface area contributed by atoms with Gasteiger partial charge in [0.2, 0.25) is 5.91 Å². The molecule has 0 aromatic carbocycles. The Kier molecular flexibility index (Phi) is 5.45. The van der Waals surface area contributed by atoms with E-state index in [1.807, 2.05) is 30.1 Å². The lowest BCUT2D eigenvalue weighted by Gasteiger charge is -2.15. The van der Waals surface area contributed by atoms with E-state index in [9.17, 15) is 4.79 Å². The van der Waals surface area contributed by atoms with Crippen molar-refractivity contribution in [1.82, 2.24) is 15.2 Å². The second kappa shape index (κ2) is 6.92. The Hall–Kier alpha value is -1.46. The van der Waals surface area contributed by atoms with Gasteiger partial charge in [0.15, 0.2) is 0 Å². The van der Waals surface area contributed by atoms with E-state index in [-0.39, 0.29) is 5.91 Å². The van der Waals surface area contributed by atoms with Crippen molar-refractivity contribution in [2.75, 3.05) is 26.7 Å². The van der Waals surface area contributed by atoms with E-state index >= 15 is 0 Å². The molecule has 0 bridgehead atoms. The van der Waals surface area contributed by atoms with Gasteiger partial charge in [0.25, 0.3) is 0 Å². The first kappa shape index (κ1) is 12.6. The van der Waals surface area contributed by atoms with Crippen LogP contribution in [-0.2, 0) is 11.3 Å². The van der Waals surface area contributed by atoms with Crippen LogP contribution in [0.3, 0.4) is 0 Å². The third-order valence-electron chi connectivity index (χ3n) is 2.04. The first-order valence-corrected chi connectivity index (χ1v) is 5.27. The Morgan fingerprint density at radius 2 is 2.38 bits per heavy atom. The molecule has 0 saturated heterocycles. The summed E-state index contributed by atoms with van der Waals surface area (Å²) >= 11 is 0. The fourth-order valence-corrected chi connectivity index (χ4v) is 1.34. The van der Waals surface area contributed by atoms with Crippen molar-refractivity contribution in [3.05, 3.63) is 30.1 Å². The maximum atomic E-state index is 11.4. The van der Waals surface area contributed by atoms with Gasteiger partial charge < -0.3 is 11.1 Å². The van der Waals surface area contributed by atoms with Gasteiger partial charge in [0, 0.05) is 25.8 Å². The molecule has 5 heteroatoms. The highest BCUT2D eigenvalue weighted by Crippen LogP contribution is 1.97. The molecule has 1 rings (SSSR count). The van der Waals surface area contributed by atoms with Crippen LogP contribution in [-0.4, -0.2) is 42.5 Å². The average Bonchev–Trinajstić information content (AvgIpc) is 2.27. The Morgan fingerprint density at radius 1 is 1.56 bits per heavy atom. The molecule has 0 aliphatic rings. The summed E-state index contributed by atoms with van der Waals surface area (Å²) in [7, 11) is 1.89. The molecule has 0 atom stereocenters. The van der Waals surface area contributed by atoms with Gasteiger partial charge in [-0.15, -0.1) is 0 Å². The fourth-order valence-electron chi connectivity index (χ4n) is 1.34. The SMILES string of the molecule is CN(CC(=O)NCCN)Cc1ccccn1. The van der Waals surface area contributed by atoms with Gasteiger partial charge >= 0.3 is 0 Å². The summed E-state index contributed by atoms with van der Waals surface area (Å²) in [5.74, 6) is -0.0103. The molecule has 0 aliphatic carbocycles. The minimum absolute atomic E-state index is 0.0103. The van der Waals surface area contributed by atoms with Crippen LogP contribution >= 0.6 is 0 Å². The minimum atomic E-state index is -0.0103. The van der Waals surface area contributed by atoms with Crippen LogP contribution in [0.2, 0.25) is 0 Å². The Bertz CT molecular complexity index is 315. The highest BCUT2D eigenvalue weighted by atomic mass is 16.2. The minimum Gasteiger partial charge on any atom is -0.354 e. The Balaban J connectivity index is 2.30. The van der Waals surface area contributed by atoms with Gasteiger partial charge in [-0.1, -0.05) is 6.07 Å². The molecule has 1 heterocycles. The summed E-state index contributed by atoms with van der Waals surface area (Å²) in [6.45, 7) is 2.01. The van der Waals surface area contributed by atoms with Gasteiger partial charge in [0.1, 0.15) is 0 Å². The van der Waals surface area contributed by atoms with Gasteiger partial charge in [-0.2, -0.15) is 0 Å². The van der Waals surface area contributed by atoms with E-state index in [0.29, 0.717) is 26.2 Å². The predicted octanol–water partition coefficient (Wildman–Crippen LogP) is -0.412. The van der Waals surface area contributed by atoms with Gasteiger partial charge in [-0.3, -0.25) is 14.7 Å². The van der Waals surface area contributed by atoms with Gasteiger partial charge in [0.05, 0.1) is 12.2 Å². The van der Waals surface area contributed by atoms with Crippen LogP contribution in [0.4, 0.5) is 0 Å². The third kappa shape index (κ3) is 4.86. The van der Waals surface area contributed by atoms with E-state index in [2.05, 4.69) is 10.3 Å². The molecule has 1 amide bonds. The third-order valence-corrected chi connectivity index (χ3v) is 2.04. The fraction of sp³-hybridized carbons (Fsp3) is 0.455. The zero-order chi connectivity index (χ0) is 11.8. The standard InChI is InChI=1S/C11H18N4O/c1-15(9-11(16)14-7-5-12)8-10-4-2-3-6-13-10/h2-4,6H,5,7-9,12H2,1H3,(H,14,16). The number of carbonyl (C=O) groups is 1. The number of amides is 1. The van der Waals surface area contributed by atoms with E-state index in [1.54, 1.807) is 6.20 Å². The monoisotopic (exact) mass is 222 g/mol. The molecular formula is C11H18N4O. The Labute approximate surface area is 95.7 Å². The molecule has 5 nitrogen and oxygen atoms in total. The average molecular weight is 222 g/mol. The van der Waals surface area contributed by atoms with Crippen molar-refractivity contribution in [2.24, 2.45) is 5.73 Å². The lowest BCUT2D eigenvalue weighted by molar-refractivity contribution is -0.122. The smallest absolute Gasteiger partial charge is 0.234 e. The van der Waals surface area contributed by atoms with Crippen LogP contribution < -0.4 is 11.1 Å². The predicted molar refractivity (Wildman–Crippen MR) is 62.6 cm³/mol. The molecule has 88 valence electrons. The second-order valence-electron chi connectivity index (χ2n) is 3.63. The topological polar surface area (TPSA) is 71.2 Å². The number of pyridine rings is 1. The van der Waals surface area contributed by atoms with E-state index in [4.69, 9.17) is 5.73 Å². The Morgan fingerprint density at radius 3 is 3.00 bits per heavy atom. The van der Waals surface area contributed by atoms with Crippen molar-refractivity contribution in [1.29, 1.82) is 0 Å². The lowest BCUT2D eigenvalue weighted by atomic mass is 10.3. The van der Waals surface area contributed by atoms with Crippen molar-refractivity contribution in [3.63, 3.8) is 0 Å². The normalized spacial score (nSPS) is 10.4. The van der Waals surface area contributed by atoms with Crippen LogP contribution in [0.1, 0.15) is 5.69 Å². The number of aromatic nitrogens is 1. The lowest BCUT2D eigenvalue weighted by Crippen LogP contribution is -2.37. The van der Waals surface area contributed by atoms with E-state index < -0.39 is 0 Å². The van der Waals surface area contributed by atoms with Crippen LogP contribution in [0.25, 0.3) is 0 Å². The zero-order valence-corrected chi connectivity index (χ0v) is 9.52. The summed E-state index contributed by atoms with van der Waals surface area (Å²) in [6.07, 6.45) is 1.75. The summed E-state index contributed by atoms with van der Waals surface area (Å²) in [5.41, 5.74) is 6.25. The first-order valence-electron chi connectivity index (χ1n) is 5.27. The first-order chi connectivity index (χ1) is 7.72. The molecule has 16 heavy (non-hydrogen) atoms. The quantitative estimate of drug-likeness (QED) is 0.686. The molecule has 0 saturated carbocycles. The number of nitrogens with one attached hydrogen (secondary N) is 1. The number of likely N-dealkylation sites (N-methyl/N-ethyl adjacent to an activating group) is 1. The maximum Gasteiger partial charge on any atom is 0.234 e. The van der Waals surface area contributed by atoms with Gasteiger partial charge in [-0.05, 0) is 19.2 Å². The number of nitrogens with zero attached hydrogens (tertiary/aromatic N) is 2. The molecule has 0 spiro atoms. The molecule has 0 aliphatic heterocycles. The summed E-state index contributed by atoms with van der Waals surface area (Å²) in [4.78, 5) is 17.5. The number of hydrogen-bond donors (Lipinski definition) is 2. The summed E-state index contributed by atoms with van der Waals surface area (Å²) in [6, 6.07) is 5.75. The van der Waals surface area contributed by atoms with Crippen molar-refractivity contribution < 1.29 is 4.79 Å². The van der Waals surface area contributed by atoms with E-state index in [0.717, 1.165) is 5.69 Å². The van der Waals surface area contributed by atoms with Crippen LogP contribution in [0.15, 0.2) is 24.4 Å².